The number of carboxylic acids is 1. The number of nitrogens with zero attached hydrogens (tertiary/aromatic N) is 3. The van der Waals surface area contributed by atoms with Crippen molar-refractivity contribution >= 4 is 17.0 Å². The lowest BCUT2D eigenvalue weighted by atomic mass is 10.2. The number of carboxylic acid groups (broad SMARTS) is 1. The highest BCUT2D eigenvalue weighted by Gasteiger charge is 2.29. The maximum atomic E-state index is 10.9. The lowest BCUT2D eigenvalue weighted by molar-refractivity contribution is 0.0690. The van der Waals surface area contributed by atoms with E-state index < -0.39 is 5.97 Å². The summed E-state index contributed by atoms with van der Waals surface area (Å²) in [7, 11) is 1.91. The first-order chi connectivity index (χ1) is 7.66. The largest absolute Gasteiger partial charge is 0.477 e. The molecule has 0 aromatic carbocycles. The number of rotatable bonds is 2. The van der Waals surface area contributed by atoms with Crippen LogP contribution >= 0.6 is 0 Å². The fraction of sp³-hybridized carbons (Fsp3) is 0.364. The van der Waals surface area contributed by atoms with Crippen molar-refractivity contribution in [1.29, 1.82) is 0 Å². The monoisotopic (exact) mass is 217 g/mol. The van der Waals surface area contributed by atoms with E-state index in [1.54, 1.807) is 6.33 Å². The van der Waals surface area contributed by atoms with Gasteiger partial charge in [-0.2, -0.15) is 0 Å². The van der Waals surface area contributed by atoms with Gasteiger partial charge in [0.2, 0.25) is 0 Å². The summed E-state index contributed by atoms with van der Waals surface area (Å²) in [4.78, 5) is 19.4. The van der Waals surface area contributed by atoms with Gasteiger partial charge in [-0.25, -0.2) is 14.8 Å². The average Bonchev–Trinajstić information content (AvgIpc) is 3.03. The van der Waals surface area contributed by atoms with Crippen LogP contribution in [0.25, 0.3) is 11.0 Å². The van der Waals surface area contributed by atoms with Crippen LogP contribution in [-0.4, -0.2) is 25.6 Å². The van der Waals surface area contributed by atoms with Crippen molar-refractivity contribution in [2.45, 2.75) is 18.8 Å². The molecule has 0 unspecified atom stereocenters. The Morgan fingerprint density at radius 1 is 1.56 bits per heavy atom. The van der Waals surface area contributed by atoms with Gasteiger partial charge in [-0.3, -0.25) is 0 Å². The first-order valence-electron chi connectivity index (χ1n) is 5.22. The van der Waals surface area contributed by atoms with Crippen molar-refractivity contribution in [1.82, 2.24) is 14.5 Å². The zero-order valence-electron chi connectivity index (χ0n) is 8.84. The highest BCUT2D eigenvalue weighted by atomic mass is 16.4. The maximum absolute atomic E-state index is 10.9. The minimum atomic E-state index is -0.991. The third-order valence-corrected chi connectivity index (χ3v) is 2.91. The van der Waals surface area contributed by atoms with Crippen LogP contribution in [0, 0.1) is 0 Å². The highest BCUT2D eigenvalue weighted by molar-refractivity contribution is 5.91. The van der Waals surface area contributed by atoms with Gasteiger partial charge in [0.15, 0.2) is 5.69 Å². The van der Waals surface area contributed by atoms with Crippen molar-refractivity contribution in [3.05, 3.63) is 23.8 Å². The quantitative estimate of drug-likeness (QED) is 0.828. The maximum Gasteiger partial charge on any atom is 0.354 e. The molecule has 2 aromatic heterocycles. The molecule has 1 aliphatic carbocycles. The van der Waals surface area contributed by atoms with Gasteiger partial charge in [0.25, 0.3) is 0 Å². The number of pyridine rings is 1. The van der Waals surface area contributed by atoms with Gasteiger partial charge in [-0.05, 0) is 18.9 Å². The van der Waals surface area contributed by atoms with Gasteiger partial charge in [-0.15, -0.1) is 0 Å². The standard InChI is InChI=1S/C11H11N3O2/c1-14-5-12-7-4-8(11(15)16)13-9(10(7)14)6-2-3-6/h4-6H,2-3H2,1H3,(H,15,16). The van der Waals surface area contributed by atoms with E-state index in [2.05, 4.69) is 9.97 Å². The molecule has 5 nitrogen and oxygen atoms in total. The Morgan fingerprint density at radius 3 is 2.94 bits per heavy atom. The smallest absolute Gasteiger partial charge is 0.354 e. The normalized spacial score (nSPS) is 15.6. The summed E-state index contributed by atoms with van der Waals surface area (Å²) in [5.74, 6) is -0.577. The number of aromatic carboxylic acids is 1. The van der Waals surface area contributed by atoms with Gasteiger partial charge >= 0.3 is 5.97 Å². The third kappa shape index (κ3) is 1.28. The second-order valence-corrected chi connectivity index (χ2v) is 4.20. The molecule has 0 radical (unpaired) electrons. The molecule has 0 bridgehead atoms. The molecule has 0 amide bonds. The van der Waals surface area contributed by atoms with E-state index in [1.165, 1.54) is 6.07 Å². The third-order valence-electron chi connectivity index (χ3n) is 2.91. The summed E-state index contributed by atoms with van der Waals surface area (Å²) < 4.78 is 1.90. The van der Waals surface area contributed by atoms with E-state index in [-0.39, 0.29) is 5.69 Å². The molecular formula is C11H11N3O2. The molecule has 0 spiro atoms. The van der Waals surface area contributed by atoms with Crippen molar-refractivity contribution in [2.24, 2.45) is 7.05 Å². The number of hydrogen-bond donors (Lipinski definition) is 1. The lowest BCUT2D eigenvalue weighted by Gasteiger charge is -2.04. The summed E-state index contributed by atoms with van der Waals surface area (Å²) in [5, 5.41) is 8.98. The number of hydrogen-bond acceptors (Lipinski definition) is 3. The molecule has 0 aliphatic heterocycles. The van der Waals surface area contributed by atoms with Crippen molar-refractivity contribution in [3.63, 3.8) is 0 Å². The van der Waals surface area contributed by atoms with E-state index in [0.29, 0.717) is 5.92 Å². The summed E-state index contributed by atoms with van der Waals surface area (Å²) in [5.41, 5.74) is 2.66. The van der Waals surface area contributed by atoms with Crippen LogP contribution < -0.4 is 0 Å². The molecule has 16 heavy (non-hydrogen) atoms. The Kier molecular flexibility index (Phi) is 1.77. The van der Waals surface area contributed by atoms with Crippen LogP contribution in [0.3, 0.4) is 0 Å². The van der Waals surface area contributed by atoms with Gasteiger partial charge in [0.05, 0.1) is 23.1 Å². The second-order valence-electron chi connectivity index (χ2n) is 4.20. The van der Waals surface area contributed by atoms with Crippen LogP contribution in [0.4, 0.5) is 0 Å². The Balaban J connectivity index is 2.32. The second kappa shape index (κ2) is 3.04. The van der Waals surface area contributed by atoms with Crippen LogP contribution in [-0.2, 0) is 7.05 Å². The van der Waals surface area contributed by atoms with Gasteiger partial charge in [-0.1, -0.05) is 0 Å². The number of aromatic nitrogens is 3. The molecule has 2 aromatic rings. The molecule has 1 saturated carbocycles. The van der Waals surface area contributed by atoms with Crippen LogP contribution in [0.5, 0.6) is 0 Å². The van der Waals surface area contributed by atoms with E-state index in [1.807, 2.05) is 11.6 Å². The summed E-state index contributed by atoms with van der Waals surface area (Å²) in [6.45, 7) is 0. The van der Waals surface area contributed by atoms with Crippen molar-refractivity contribution < 1.29 is 9.90 Å². The van der Waals surface area contributed by atoms with Crippen LogP contribution in [0.2, 0.25) is 0 Å². The Hall–Kier alpha value is -1.91. The van der Waals surface area contributed by atoms with Gasteiger partial charge < -0.3 is 9.67 Å². The predicted molar refractivity (Wildman–Crippen MR) is 57.4 cm³/mol. The number of imidazole rings is 1. The molecule has 3 rings (SSSR count). The van der Waals surface area contributed by atoms with Crippen LogP contribution in [0.1, 0.15) is 34.9 Å². The van der Waals surface area contributed by atoms with E-state index >= 15 is 0 Å². The minimum absolute atomic E-state index is 0.0908. The van der Waals surface area contributed by atoms with Crippen molar-refractivity contribution in [2.75, 3.05) is 0 Å². The van der Waals surface area contributed by atoms with E-state index in [9.17, 15) is 4.79 Å². The van der Waals surface area contributed by atoms with E-state index in [4.69, 9.17) is 5.11 Å². The number of aryl methyl sites for hydroxylation is 1. The fourth-order valence-corrected chi connectivity index (χ4v) is 1.96. The van der Waals surface area contributed by atoms with Crippen molar-refractivity contribution in [3.8, 4) is 0 Å². The zero-order valence-corrected chi connectivity index (χ0v) is 8.84. The average molecular weight is 217 g/mol. The molecule has 5 heteroatoms. The van der Waals surface area contributed by atoms with Crippen LogP contribution in [0.15, 0.2) is 12.4 Å². The molecular weight excluding hydrogens is 206 g/mol. The zero-order chi connectivity index (χ0) is 11.3. The lowest BCUT2D eigenvalue weighted by Crippen LogP contribution is -2.04. The molecule has 1 fully saturated rings. The Morgan fingerprint density at radius 2 is 2.31 bits per heavy atom. The molecule has 0 saturated heterocycles. The summed E-state index contributed by atoms with van der Waals surface area (Å²) in [6.07, 6.45) is 3.89. The summed E-state index contributed by atoms with van der Waals surface area (Å²) >= 11 is 0. The Labute approximate surface area is 91.7 Å². The molecule has 2 heterocycles. The fourth-order valence-electron chi connectivity index (χ4n) is 1.96. The Bertz CT molecular complexity index is 584. The highest BCUT2D eigenvalue weighted by Crippen LogP contribution is 2.41. The predicted octanol–water partition coefficient (Wildman–Crippen LogP) is 1.54. The number of fused-ring (bicyclic) bond motifs is 1. The molecule has 0 atom stereocenters. The summed E-state index contributed by atoms with van der Waals surface area (Å²) in [6, 6.07) is 1.53. The first-order valence-corrected chi connectivity index (χ1v) is 5.22. The molecule has 1 N–H and O–H groups in total. The van der Waals surface area contributed by atoms with E-state index in [0.717, 1.165) is 29.6 Å². The van der Waals surface area contributed by atoms with Gasteiger partial charge in [0, 0.05) is 13.0 Å². The SMILES string of the molecule is Cn1cnc2cc(C(=O)O)nc(C3CC3)c21. The first kappa shape index (κ1) is 9.33. The minimum Gasteiger partial charge on any atom is -0.477 e. The van der Waals surface area contributed by atoms with Gasteiger partial charge in [0.1, 0.15) is 0 Å². The number of carbonyl (C=O) groups is 1. The molecule has 82 valence electrons. The molecule has 1 aliphatic rings. The topological polar surface area (TPSA) is 68.0 Å².